The van der Waals surface area contributed by atoms with Crippen molar-refractivity contribution in [1.29, 1.82) is 0 Å². The fourth-order valence-corrected chi connectivity index (χ4v) is 1.65. The molecule has 0 aliphatic heterocycles. The van der Waals surface area contributed by atoms with Crippen molar-refractivity contribution < 1.29 is 15.0 Å². The molecule has 0 bridgehead atoms. The largest absolute Gasteiger partial charge is 0.479 e. The third kappa shape index (κ3) is 4.88. The number of aliphatic carboxylic acids is 1. The summed E-state index contributed by atoms with van der Waals surface area (Å²) in [6.45, 7) is 7.50. The van der Waals surface area contributed by atoms with Gasteiger partial charge in [-0.05, 0) is 31.6 Å². The van der Waals surface area contributed by atoms with E-state index in [2.05, 4.69) is 13.8 Å². The molecule has 0 saturated carbocycles. The van der Waals surface area contributed by atoms with E-state index in [1.165, 1.54) is 6.92 Å². The van der Waals surface area contributed by atoms with Crippen LogP contribution in [0.4, 0.5) is 0 Å². The zero-order valence-electron chi connectivity index (χ0n) is 8.87. The predicted molar refractivity (Wildman–Crippen MR) is 51.5 cm³/mol. The van der Waals surface area contributed by atoms with Gasteiger partial charge >= 0.3 is 5.97 Å². The van der Waals surface area contributed by atoms with Gasteiger partial charge in [0.25, 0.3) is 0 Å². The average Bonchev–Trinajstić information content (AvgIpc) is 1.82. The first kappa shape index (κ1) is 12.4. The monoisotopic (exact) mass is 188 g/mol. The molecule has 78 valence electrons. The van der Waals surface area contributed by atoms with Crippen molar-refractivity contribution in [2.24, 2.45) is 11.8 Å². The van der Waals surface area contributed by atoms with E-state index in [4.69, 9.17) is 5.11 Å². The van der Waals surface area contributed by atoms with Gasteiger partial charge in [-0.25, -0.2) is 4.79 Å². The molecule has 2 unspecified atom stereocenters. The van der Waals surface area contributed by atoms with Crippen LogP contribution in [0.15, 0.2) is 0 Å². The van der Waals surface area contributed by atoms with Gasteiger partial charge in [0.05, 0.1) is 0 Å². The van der Waals surface area contributed by atoms with E-state index in [1.807, 2.05) is 6.92 Å². The standard InChI is InChI=1S/C10H20O3/c1-7(2)5-8(3)6-10(4,13)9(11)12/h7-8,13H,5-6H2,1-4H3,(H,11,12). The highest BCUT2D eigenvalue weighted by Crippen LogP contribution is 2.22. The number of carbonyl (C=O) groups is 1. The normalized spacial score (nSPS) is 18.3. The van der Waals surface area contributed by atoms with E-state index in [1.54, 1.807) is 0 Å². The summed E-state index contributed by atoms with van der Waals surface area (Å²) in [5.74, 6) is -0.353. The second-order valence-electron chi connectivity index (χ2n) is 4.52. The number of hydrogen-bond donors (Lipinski definition) is 2. The molecule has 0 aromatic rings. The van der Waals surface area contributed by atoms with Gasteiger partial charge in [0, 0.05) is 0 Å². The van der Waals surface area contributed by atoms with Crippen LogP contribution in [0.2, 0.25) is 0 Å². The van der Waals surface area contributed by atoms with Gasteiger partial charge in [0.2, 0.25) is 0 Å². The van der Waals surface area contributed by atoms with Crippen LogP contribution in [-0.2, 0) is 4.79 Å². The van der Waals surface area contributed by atoms with Crippen LogP contribution in [0.1, 0.15) is 40.5 Å². The molecule has 3 heteroatoms. The molecule has 0 radical (unpaired) electrons. The summed E-state index contributed by atoms with van der Waals surface area (Å²) in [4.78, 5) is 10.6. The molecule has 3 nitrogen and oxygen atoms in total. The first-order valence-corrected chi connectivity index (χ1v) is 4.71. The zero-order valence-corrected chi connectivity index (χ0v) is 8.87. The Kier molecular flexibility index (Phi) is 4.40. The fraction of sp³-hybridized carbons (Fsp3) is 0.900. The summed E-state index contributed by atoms with van der Waals surface area (Å²) in [6, 6.07) is 0. The summed E-state index contributed by atoms with van der Waals surface area (Å²) in [5.41, 5.74) is -1.58. The van der Waals surface area contributed by atoms with Crippen LogP contribution < -0.4 is 0 Å². The Balaban J connectivity index is 4.04. The molecule has 13 heavy (non-hydrogen) atoms. The number of hydrogen-bond acceptors (Lipinski definition) is 2. The molecule has 0 spiro atoms. The highest BCUT2D eigenvalue weighted by Gasteiger charge is 2.31. The molecule has 0 aromatic heterocycles. The quantitative estimate of drug-likeness (QED) is 0.692. The topological polar surface area (TPSA) is 57.5 Å². The van der Waals surface area contributed by atoms with E-state index in [-0.39, 0.29) is 5.92 Å². The van der Waals surface area contributed by atoms with E-state index in [9.17, 15) is 9.90 Å². The maximum absolute atomic E-state index is 10.6. The summed E-state index contributed by atoms with van der Waals surface area (Å²) in [7, 11) is 0. The lowest BCUT2D eigenvalue weighted by Gasteiger charge is -2.23. The van der Waals surface area contributed by atoms with Gasteiger partial charge in [-0.2, -0.15) is 0 Å². The fourth-order valence-electron chi connectivity index (χ4n) is 1.65. The van der Waals surface area contributed by atoms with Crippen LogP contribution in [0.25, 0.3) is 0 Å². The van der Waals surface area contributed by atoms with Crippen molar-refractivity contribution in [2.45, 2.75) is 46.1 Å². The van der Waals surface area contributed by atoms with Crippen molar-refractivity contribution in [1.82, 2.24) is 0 Å². The molecule has 2 N–H and O–H groups in total. The minimum absolute atomic E-state index is 0.242. The Morgan fingerprint density at radius 3 is 2.15 bits per heavy atom. The predicted octanol–water partition coefficient (Wildman–Crippen LogP) is 1.89. The Hall–Kier alpha value is -0.570. The molecule has 0 aliphatic carbocycles. The van der Waals surface area contributed by atoms with E-state index in [0.29, 0.717) is 12.3 Å². The maximum atomic E-state index is 10.6. The van der Waals surface area contributed by atoms with Gasteiger partial charge in [-0.3, -0.25) is 0 Å². The molecular weight excluding hydrogens is 168 g/mol. The summed E-state index contributed by atoms with van der Waals surface area (Å²) in [5, 5.41) is 18.1. The van der Waals surface area contributed by atoms with E-state index in [0.717, 1.165) is 6.42 Å². The molecule has 0 amide bonds. The molecule has 0 fully saturated rings. The van der Waals surface area contributed by atoms with Gasteiger partial charge in [-0.1, -0.05) is 20.8 Å². The lowest BCUT2D eigenvalue weighted by atomic mass is 9.88. The number of aliphatic hydroxyl groups is 1. The molecule has 0 aliphatic rings. The Morgan fingerprint density at radius 1 is 1.38 bits per heavy atom. The first-order valence-electron chi connectivity index (χ1n) is 4.71. The summed E-state index contributed by atoms with van der Waals surface area (Å²) in [6.07, 6.45) is 1.27. The van der Waals surface area contributed by atoms with Gasteiger partial charge in [0.15, 0.2) is 5.60 Å². The second kappa shape index (κ2) is 4.61. The lowest BCUT2D eigenvalue weighted by Crippen LogP contribution is -2.36. The molecular formula is C10H20O3. The van der Waals surface area contributed by atoms with Crippen LogP contribution in [0.3, 0.4) is 0 Å². The highest BCUT2D eigenvalue weighted by atomic mass is 16.4. The van der Waals surface area contributed by atoms with Crippen LogP contribution in [0, 0.1) is 11.8 Å². The van der Waals surface area contributed by atoms with Crippen LogP contribution in [-0.4, -0.2) is 21.8 Å². The van der Waals surface area contributed by atoms with Crippen molar-refractivity contribution in [2.75, 3.05) is 0 Å². The van der Waals surface area contributed by atoms with Crippen LogP contribution >= 0.6 is 0 Å². The molecule has 0 rings (SSSR count). The third-order valence-electron chi connectivity index (χ3n) is 2.08. The summed E-state index contributed by atoms with van der Waals surface area (Å²) >= 11 is 0. The minimum atomic E-state index is -1.58. The average molecular weight is 188 g/mol. The Bertz CT molecular complexity index is 173. The molecule has 0 heterocycles. The number of carboxylic acids is 1. The Morgan fingerprint density at radius 2 is 1.85 bits per heavy atom. The van der Waals surface area contributed by atoms with E-state index >= 15 is 0 Å². The summed E-state index contributed by atoms with van der Waals surface area (Å²) < 4.78 is 0. The minimum Gasteiger partial charge on any atom is -0.479 e. The van der Waals surface area contributed by atoms with Gasteiger partial charge in [-0.15, -0.1) is 0 Å². The number of rotatable bonds is 5. The first-order chi connectivity index (χ1) is 5.75. The smallest absolute Gasteiger partial charge is 0.335 e. The highest BCUT2D eigenvalue weighted by molar-refractivity contribution is 5.76. The maximum Gasteiger partial charge on any atom is 0.335 e. The Labute approximate surface area is 79.8 Å². The van der Waals surface area contributed by atoms with Crippen LogP contribution in [0.5, 0.6) is 0 Å². The molecule has 0 aromatic carbocycles. The molecule has 0 saturated heterocycles. The van der Waals surface area contributed by atoms with Crippen molar-refractivity contribution >= 4 is 5.97 Å². The third-order valence-corrected chi connectivity index (χ3v) is 2.08. The second-order valence-corrected chi connectivity index (χ2v) is 4.52. The van der Waals surface area contributed by atoms with Gasteiger partial charge in [0.1, 0.15) is 0 Å². The van der Waals surface area contributed by atoms with Crippen molar-refractivity contribution in [3.05, 3.63) is 0 Å². The van der Waals surface area contributed by atoms with E-state index < -0.39 is 11.6 Å². The molecule has 2 atom stereocenters. The lowest BCUT2D eigenvalue weighted by molar-refractivity contribution is -0.158. The SMILES string of the molecule is CC(C)CC(C)CC(C)(O)C(=O)O. The zero-order chi connectivity index (χ0) is 10.6. The van der Waals surface area contributed by atoms with Crippen molar-refractivity contribution in [3.63, 3.8) is 0 Å². The van der Waals surface area contributed by atoms with Gasteiger partial charge < -0.3 is 10.2 Å². The van der Waals surface area contributed by atoms with Crippen molar-refractivity contribution in [3.8, 4) is 0 Å². The number of carboxylic acid groups (broad SMARTS) is 1.